The van der Waals surface area contributed by atoms with Crippen LogP contribution in [0.5, 0.6) is 0 Å². The van der Waals surface area contributed by atoms with Crippen LogP contribution in [-0.4, -0.2) is 41.7 Å². The van der Waals surface area contributed by atoms with Gasteiger partial charge in [0.2, 0.25) is 0 Å². The van der Waals surface area contributed by atoms with E-state index in [1.807, 2.05) is 0 Å². The fourth-order valence-electron chi connectivity index (χ4n) is 1.72. The average molecular weight is 198 g/mol. The second-order valence-corrected chi connectivity index (χ2v) is 3.55. The first-order valence-electron chi connectivity index (χ1n) is 5.06. The van der Waals surface area contributed by atoms with Crippen LogP contribution >= 0.6 is 0 Å². The molecule has 1 atom stereocenters. The lowest BCUT2D eigenvalue weighted by atomic mass is 10.1. The molecule has 80 valence electrons. The van der Waals surface area contributed by atoms with Crippen LogP contribution in [0.2, 0.25) is 0 Å². The van der Waals surface area contributed by atoms with Crippen molar-refractivity contribution in [1.82, 2.24) is 4.90 Å². The fourth-order valence-corrected chi connectivity index (χ4v) is 1.72. The molecule has 0 aliphatic carbocycles. The van der Waals surface area contributed by atoms with Crippen molar-refractivity contribution in [3.63, 3.8) is 0 Å². The first kappa shape index (κ1) is 11.2. The van der Waals surface area contributed by atoms with Gasteiger partial charge >= 0.3 is 5.97 Å². The van der Waals surface area contributed by atoms with Crippen molar-refractivity contribution >= 4 is 5.97 Å². The molecule has 0 aromatic heterocycles. The molecule has 0 saturated carbocycles. The van der Waals surface area contributed by atoms with E-state index in [2.05, 4.69) is 17.1 Å². The van der Waals surface area contributed by atoms with Gasteiger partial charge in [0.1, 0.15) is 0 Å². The van der Waals surface area contributed by atoms with Gasteiger partial charge in [0.25, 0.3) is 0 Å². The summed E-state index contributed by atoms with van der Waals surface area (Å²) in [4.78, 5) is 12.6. The predicted octanol–water partition coefficient (Wildman–Crippen LogP) is 0.440. The monoisotopic (exact) mass is 198 g/mol. The maximum absolute atomic E-state index is 10.3. The molecule has 4 heteroatoms. The van der Waals surface area contributed by atoms with Gasteiger partial charge in [-0.1, -0.05) is 12.2 Å². The molecule has 0 fully saturated rings. The van der Waals surface area contributed by atoms with Crippen LogP contribution in [0.1, 0.15) is 19.3 Å². The van der Waals surface area contributed by atoms with Crippen molar-refractivity contribution < 1.29 is 9.90 Å². The summed E-state index contributed by atoms with van der Waals surface area (Å²) in [5.41, 5.74) is 5.62. The molecule has 14 heavy (non-hydrogen) atoms. The Balaban J connectivity index is 2.28. The van der Waals surface area contributed by atoms with Crippen LogP contribution < -0.4 is 5.73 Å². The molecule has 0 amide bonds. The molecule has 1 rings (SSSR count). The highest BCUT2D eigenvalue weighted by atomic mass is 16.4. The minimum absolute atomic E-state index is 0.248. The highest BCUT2D eigenvalue weighted by Gasteiger charge is 2.16. The average Bonchev–Trinajstić information content (AvgIpc) is 2.18. The van der Waals surface area contributed by atoms with Gasteiger partial charge in [-0.25, -0.2) is 0 Å². The summed E-state index contributed by atoms with van der Waals surface area (Å²) in [5, 5.41) is 8.51. The number of carboxylic acid groups (broad SMARTS) is 1. The van der Waals surface area contributed by atoms with E-state index in [-0.39, 0.29) is 6.42 Å². The molecule has 0 aromatic carbocycles. The summed E-state index contributed by atoms with van der Waals surface area (Å²) in [6.45, 7) is 2.44. The lowest BCUT2D eigenvalue weighted by Crippen LogP contribution is -2.42. The Morgan fingerprint density at radius 3 is 3.07 bits per heavy atom. The lowest BCUT2D eigenvalue weighted by molar-refractivity contribution is -0.137. The summed E-state index contributed by atoms with van der Waals surface area (Å²) in [6.07, 6.45) is 6.26. The minimum atomic E-state index is -0.721. The quantitative estimate of drug-likeness (QED) is 0.629. The standard InChI is InChI=1S/C10H18N2O2/c11-8-9-4-1-2-6-12(9)7-3-5-10(13)14/h1,4,9H,2-3,5-8,11H2,(H,13,14). The van der Waals surface area contributed by atoms with Crippen LogP contribution in [0.4, 0.5) is 0 Å². The molecule has 1 heterocycles. The largest absolute Gasteiger partial charge is 0.481 e. The summed E-state index contributed by atoms with van der Waals surface area (Å²) < 4.78 is 0. The number of carbonyl (C=O) groups is 1. The second-order valence-electron chi connectivity index (χ2n) is 3.55. The number of carboxylic acids is 1. The van der Waals surface area contributed by atoms with E-state index >= 15 is 0 Å². The summed E-state index contributed by atoms with van der Waals surface area (Å²) in [6, 6.07) is 0.303. The molecule has 1 unspecified atom stereocenters. The summed E-state index contributed by atoms with van der Waals surface area (Å²) in [5.74, 6) is -0.721. The van der Waals surface area contributed by atoms with E-state index in [4.69, 9.17) is 10.8 Å². The molecule has 0 bridgehead atoms. The third-order valence-corrected chi connectivity index (χ3v) is 2.49. The molecule has 0 saturated heterocycles. The predicted molar refractivity (Wildman–Crippen MR) is 55.0 cm³/mol. The van der Waals surface area contributed by atoms with Gasteiger partial charge in [-0.2, -0.15) is 0 Å². The van der Waals surface area contributed by atoms with Gasteiger partial charge in [0.05, 0.1) is 0 Å². The Kier molecular flexibility index (Phi) is 4.62. The third kappa shape index (κ3) is 3.47. The van der Waals surface area contributed by atoms with Gasteiger partial charge in [-0.05, 0) is 19.4 Å². The molecule has 3 N–H and O–H groups in total. The van der Waals surface area contributed by atoms with E-state index in [9.17, 15) is 4.79 Å². The maximum atomic E-state index is 10.3. The minimum Gasteiger partial charge on any atom is -0.481 e. The van der Waals surface area contributed by atoms with Crippen molar-refractivity contribution in [1.29, 1.82) is 0 Å². The van der Waals surface area contributed by atoms with Gasteiger partial charge in [0, 0.05) is 25.6 Å². The van der Waals surface area contributed by atoms with E-state index in [1.54, 1.807) is 0 Å². The zero-order chi connectivity index (χ0) is 10.4. The highest BCUT2D eigenvalue weighted by molar-refractivity contribution is 5.66. The molecule has 0 radical (unpaired) electrons. The molecule has 4 nitrogen and oxygen atoms in total. The number of nitrogens with two attached hydrogens (primary N) is 1. The van der Waals surface area contributed by atoms with Crippen molar-refractivity contribution in [2.45, 2.75) is 25.3 Å². The zero-order valence-electron chi connectivity index (χ0n) is 8.35. The van der Waals surface area contributed by atoms with Crippen molar-refractivity contribution in [2.24, 2.45) is 5.73 Å². The van der Waals surface area contributed by atoms with Crippen molar-refractivity contribution in [3.8, 4) is 0 Å². The third-order valence-electron chi connectivity index (χ3n) is 2.49. The number of rotatable bonds is 5. The molecular weight excluding hydrogens is 180 g/mol. The maximum Gasteiger partial charge on any atom is 0.303 e. The Hall–Kier alpha value is -0.870. The van der Waals surface area contributed by atoms with Gasteiger partial charge in [-0.3, -0.25) is 9.69 Å². The first-order valence-corrected chi connectivity index (χ1v) is 5.06. The number of hydrogen-bond acceptors (Lipinski definition) is 3. The van der Waals surface area contributed by atoms with Crippen molar-refractivity contribution in [2.75, 3.05) is 19.6 Å². The smallest absolute Gasteiger partial charge is 0.303 e. The SMILES string of the molecule is NCC1C=CCCN1CCCC(=O)O. The normalized spacial score (nSPS) is 22.5. The Labute approximate surface area is 84.4 Å². The van der Waals surface area contributed by atoms with E-state index in [1.165, 1.54) is 0 Å². The number of nitrogens with zero attached hydrogens (tertiary/aromatic N) is 1. The first-order chi connectivity index (χ1) is 6.74. The highest BCUT2D eigenvalue weighted by Crippen LogP contribution is 2.09. The molecular formula is C10H18N2O2. The van der Waals surface area contributed by atoms with Crippen LogP contribution in [-0.2, 0) is 4.79 Å². The molecule has 0 aromatic rings. The van der Waals surface area contributed by atoms with E-state index < -0.39 is 5.97 Å². The zero-order valence-corrected chi connectivity index (χ0v) is 8.35. The topological polar surface area (TPSA) is 66.6 Å². The van der Waals surface area contributed by atoms with Crippen LogP contribution in [0.25, 0.3) is 0 Å². The van der Waals surface area contributed by atoms with Crippen LogP contribution in [0, 0.1) is 0 Å². The van der Waals surface area contributed by atoms with Gasteiger partial charge < -0.3 is 10.8 Å². The summed E-state index contributed by atoms with van der Waals surface area (Å²) in [7, 11) is 0. The number of hydrogen-bond donors (Lipinski definition) is 2. The second kappa shape index (κ2) is 5.78. The Morgan fingerprint density at radius 2 is 2.43 bits per heavy atom. The van der Waals surface area contributed by atoms with E-state index in [0.717, 1.165) is 19.5 Å². The van der Waals surface area contributed by atoms with Crippen LogP contribution in [0.3, 0.4) is 0 Å². The van der Waals surface area contributed by atoms with Gasteiger partial charge in [0.15, 0.2) is 0 Å². The molecule has 1 aliphatic rings. The number of aliphatic carboxylic acids is 1. The van der Waals surface area contributed by atoms with Crippen molar-refractivity contribution in [3.05, 3.63) is 12.2 Å². The van der Waals surface area contributed by atoms with E-state index in [0.29, 0.717) is 19.0 Å². The Bertz CT molecular complexity index is 216. The fraction of sp³-hybridized carbons (Fsp3) is 0.700. The van der Waals surface area contributed by atoms with Gasteiger partial charge in [-0.15, -0.1) is 0 Å². The summed E-state index contributed by atoms with van der Waals surface area (Å²) >= 11 is 0. The molecule has 1 aliphatic heterocycles. The lowest BCUT2D eigenvalue weighted by Gasteiger charge is -2.31. The van der Waals surface area contributed by atoms with Crippen LogP contribution in [0.15, 0.2) is 12.2 Å². The Morgan fingerprint density at radius 1 is 1.64 bits per heavy atom. The molecule has 0 spiro atoms.